The van der Waals surface area contributed by atoms with E-state index in [1.807, 2.05) is 7.05 Å². The van der Waals surface area contributed by atoms with Crippen molar-refractivity contribution in [3.63, 3.8) is 0 Å². The van der Waals surface area contributed by atoms with Crippen molar-refractivity contribution < 1.29 is 9.47 Å². The van der Waals surface area contributed by atoms with Crippen molar-refractivity contribution in [2.45, 2.75) is 38.6 Å². The van der Waals surface area contributed by atoms with Crippen LogP contribution in [0, 0.1) is 0 Å². The summed E-state index contributed by atoms with van der Waals surface area (Å²) in [6, 6.07) is 9.42. The second kappa shape index (κ2) is 9.92. The summed E-state index contributed by atoms with van der Waals surface area (Å²) in [7, 11) is 3.71. The molecule has 1 aromatic carbocycles. The Balaban J connectivity index is 2.35. The van der Waals surface area contributed by atoms with E-state index in [0.29, 0.717) is 25.2 Å². The molecule has 0 amide bonds. The molecule has 3 nitrogen and oxygen atoms in total. The van der Waals surface area contributed by atoms with Crippen LogP contribution < -0.4 is 5.32 Å². The molecule has 114 valence electrons. The molecule has 1 atom stereocenters. The number of benzene rings is 1. The highest BCUT2D eigenvalue weighted by Gasteiger charge is 2.08. The zero-order valence-corrected chi connectivity index (χ0v) is 13.3. The number of rotatable bonds is 10. The minimum atomic E-state index is 0.461. The highest BCUT2D eigenvalue weighted by atomic mass is 16.5. The number of ether oxygens (including phenoxy) is 2. The van der Waals surface area contributed by atoms with Crippen LogP contribution in [0.1, 0.15) is 37.3 Å². The van der Waals surface area contributed by atoms with Crippen molar-refractivity contribution >= 4 is 0 Å². The summed E-state index contributed by atoms with van der Waals surface area (Å²) in [6.07, 6.45) is 2.06. The van der Waals surface area contributed by atoms with Crippen LogP contribution in [0.25, 0.3) is 0 Å². The number of likely N-dealkylation sites (N-methyl/N-ethyl adjacent to an activating group) is 1. The molecule has 0 aliphatic carbocycles. The third kappa shape index (κ3) is 6.51. The molecule has 0 saturated heterocycles. The Kier molecular flexibility index (Phi) is 8.51. The van der Waals surface area contributed by atoms with E-state index in [1.54, 1.807) is 7.11 Å². The largest absolute Gasteiger partial charge is 0.382 e. The van der Waals surface area contributed by atoms with Gasteiger partial charge in [0, 0.05) is 19.8 Å². The molecule has 0 aromatic heterocycles. The Labute approximate surface area is 123 Å². The fourth-order valence-corrected chi connectivity index (χ4v) is 2.14. The van der Waals surface area contributed by atoms with E-state index in [-0.39, 0.29) is 0 Å². The second-order valence-electron chi connectivity index (χ2n) is 5.48. The lowest BCUT2D eigenvalue weighted by molar-refractivity contribution is 0.0661. The van der Waals surface area contributed by atoms with Gasteiger partial charge in [0.15, 0.2) is 0 Å². The molecular formula is C17H29NO2. The number of hydrogen-bond acceptors (Lipinski definition) is 3. The summed E-state index contributed by atoms with van der Waals surface area (Å²) in [5, 5.41) is 3.37. The maximum Gasteiger partial charge on any atom is 0.0700 e. The van der Waals surface area contributed by atoms with Crippen molar-refractivity contribution in [3.05, 3.63) is 35.4 Å². The molecule has 0 saturated carbocycles. The molecule has 1 N–H and O–H groups in total. The van der Waals surface area contributed by atoms with Gasteiger partial charge in [0.2, 0.25) is 0 Å². The van der Waals surface area contributed by atoms with E-state index in [2.05, 4.69) is 43.4 Å². The normalized spacial score (nSPS) is 12.8. The minimum Gasteiger partial charge on any atom is -0.382 e. The molecule has 1 unspecified atom stereocenters. The van der Waals surface area contributed by atoms with Crippen LogP contribution in [-0.4, -0.2) is 40.0 Å². The van der Waals surface area contributed by atoms with Gasteiger partial charge in [-0.05, 0) is 36.9 Å². The first kappa shape index (κ1) is 17.2. The first-order valence-corrected chi connectivity index (χ1v) is 7.50. The number of nitrogens with one attached hydrogen (secondary N) is 1. The first-order valence-electron chi connectivity index (χ1n) is 7.50. The minimum absolute atomic E-state index is 0.461. The van der Waals surface area contributed by atoms with Gasteiger partial charge >= 0.3 is 0 Å². The summed E-state index contributed by atoms with van der Waals surface area (Å²) in [5.41, 5.74) is 2.78. The fourth-order valence-electron chi connectivity index (χ4n) is 2.14. The maximum atomic E-state index is 5.53. The van der Waals surface area contributed by atoms with Crippen molar-refractivity contribution in [1.29, 1.82) is 0 Å². The van der Waals surface area contributed by atoms with Crippen LogP contribution in [0.4, 0.5) is 0 Å². The van der Waals surface area contributed by atoms with Gasteiger partial charge in [-0.2, -0.15) is 0 Å². The first-order chi connectivity index (χ1) is 9.67. The average Bonchev–Trinajstić information content (AvgIpc) is 2.46. The summed E-state index contributed by atoms with van der Waals surface area (Å²) in [6.45, 7) is 6.57. The van der Waals surface area contributed by atoms with Crippen LogP contribution in [0.5, 0.6) is 0 Å². The van der Waals surface area contributed by atoms with E-state index < -0.39 is 0 Å². The van der Waals surface area contributed by atoms with Crippen LogP contribution in [0.2, 0.25) is 0 Å². The zero-order valence-electron chi connectivity index (χ0n) is 13.3. The lowest BCUT2D eigenvalue weighted by Crippen LogP contribution is -2.29. The molecule has 0 aliphatic rings. The predicted molar refractivity (Wildman–Crippen MR) is 84.4 cm³/mol. The molecule has 3 heteroatoms. The summed E-state index contributed by atoms with van der Waals surface area (Å²) in [4.78, 5) is 0. The lowest BCUT2D eigenvalue weighted by Gasteiger charge is -2.17. The van der Waals surface area contributed by atoms with Gasteiger partial charge in [-0.25, -0.2) is 0 Å². The SMILES string of the molecule is CNC(CCOCCOC)Cc1ccc(C(C)C)cc1. The Morgan fingerprint density at radius 1 is 1.05 bits per heavy atom. The second-order valence-corrected chi connectivity index (χ2v) is 5.48. The topological polar surface area (TPSA) is 30.5 Å². The van der Waals surface area contributed by atoms with Crippen LogP contribution in [0.15, 0.2) is 24.3 Å². The van der Waals surface area contributed by atoms with E-state index >= 15 is 0 Å². The monoisotopic (exact) mass is 279 g/mol. The van der Waals surface area contributed by atoms with Crippen molar-refractivity contribution in [1.82, 2.24) is 5.32 Å². The quantitative estimate of drug-likeness (QED) is 0.668. The predicted octanol–water partition coefficient (Wildman–Crippen LogP) is 2.99. The van der Waals surface area contributed by atoms with Gasteiger partial charge in [-0.1, -0.05) is 38.1 Å². The third-order valence-corrected chi connectivity index (χ3v) is 3.58. The molecule has 20 heavy (non-hydrogen) atoms. The van der Waals surface area contributed by atoms with Crippen molar-refractivity contribution in [2.24, 2.45) is 0 Å². The Morgan fingerprint density at radius 3 is 2.30 bits per heavy atom. The fraction of sp³-hybridized carbons (Fsp3) is 0.647. The molecule has 1 aromatic rings. The van der Waals surface area contributed by atoms with Gasteiger partial charge in [0.25, 0.3) is 0 Å². The highest BCUT2D eigenvalue weighted by Crippen LogP contribution is 2.15. The van der Waals surface area contributed by atoms with E-state index in [9.17, 15) is 0 Å². The average molecular weight is 279 g/mol. The molecule has 0 fully saturated rings. The van der Waals surface area contributed by atoms with Gasteiger partial charge in [0.1, 0.15) is 0 Å². The number of methoxy groups -OCH3 is 1. The van der Waals surface area contributed by atoms with Crippen LogP contribution in [0.3, 0.4) is 0 Å². The Bertz CT molecular complexity index is 349. The molecule has 0 spiro atoms. The molecule has 0 heterocycles. The summed E-state index contributed by atoms with van der Waals surface area (Å²) < 4.78 is 10.5. The molecular weight excluding hydrogens is 250 g/mol. The summed E-state index contributed by atoms with van der Waals surface area (Å²) >= 11 is 0. The van der Waals surface area contributed by atoms with Gasteiger partial charge in [0.05, 0.1) is 13.2 Å². The number of hydrogen-bond donors (Lipinski definition) is 1. The van der Waals surface area contributed by atoms with E-state index in [4.69, 9.17) is 9.47 Å². The molecule has 0 radical (unpaired) electrons. The van der Waals surface area contributed by atoms with Crippen LogP contribution in [-0.2, 0) is 15.9 Å². The van der Waals surface area contributed by atoms with Gasteiger partial charge in [-0.3, -0.25) is 0 Å². The van der Waals surface area contributed by atoms with Gasteiger partial charge < -0.3 is 14.8 Å². The maximum absolute atomic E-state index is 5.53. The van der Waals surface area contributed by atoms with Crippen molar-refractivity contribution in [3.8, 4) is 0 Å². The standard InChI is InChI=1S/C17H29NO2/c1-14(2)16-7-5-15(6-8-16)13-17(18-3)9-10-20-12-11-19-4/h5-8,14,17-18H,9-13H2,1-4H3. The Hall–Kier alpha value is -0.900. The van der Waals surface area contributed by atoms with Crippen LogP contribution >= 0.6 is 0 Å². The highest BCUT2D eigenvalue weighted by molar-refractivity contribution is 5.25. The van der Waals surface area contributed by atoms with Crippen molar-refractivity contribution in [2.75, 3.05) is 34.0 Å². The molecule has 0 aliphatic heterocycles. The van der Waals surface area contributed by atoms with E-state index in [0.717, 1.165) is 19.4 Å². The lowest BCUT2D eigenvalue weighted by atomic mass is 9.98. The third-order valence-electron chi connectivity index (χ3n) is 3.58. The molecule has 0 bridgehead atoms. The zero-order chi connectivity index (χ0) is 14.8. The van der Waals surface area contributed by atoms with E-state index in [1.165, 1.54) is 11.1 Å². The molecule has 1 rings (SSSR count). The summed E-state index contributed by atoms with van der Waals surface area (Å²) in [5.74, 6) is 0.596. The smallest absolute Gasteiger partial charge is 0.0700 e. The van der Waals surface area contributed by atoms with Gasteiger partial charge in [-0.15, -0.1) is 0 Å². The Morgan fingerprint density at radius 2 is 1.75 bits per heavy atom.